The molecular formula is C14H13N2PS2. The molecule has 0 radical (unpaired) electrons. The molecule has 0 aromatic heterocycles. The van der Waals surface area contributed by atoms with Crippen LogP contribution in [0.1, 0.15) is 0 Å². The van der Waals surface area contributed by atoms with Crippen molar-refractivity contribution in [2.24, 2.45) is 0 Å². The molecule has 0 amide bonds. The number of benzene rings is 2. The molecule has 1 fully saturated rings. The van der Waals surface area contributed by atoms with Crippen LogP contribution in [0.15, 0.2) is 60.7 Å². The minimum absolute atomic E-state index is 0.742. The lowest BCUT2D eigenvalue weighted by Gasteiger charge is -2.27. The second-order valence-corrected chi connectivity index (χ2v) is 7.39. The summed E-state index contributed by atoms with van der Waals surface area (Å²) in [6.45, 7) is 0.742. The standard InChI is InChI=1S/C14H13N2PS2/c18-14-11-15(12-7-3-1-4-8-12)17(19)16(14)13-9-5-2-6-10-13/h1-10,17H,11H2. The van der Waals surface area contributed by atoms with Crippen molar-refractivity contribution in [3.63, 3.8) is 0 Å². The molecule has 0 spiro atoms. The van der Waals surface area contributed by atoms with Crippen molar-refractivity contribution in [3.05, 3.63) is 60.7 Å². The Bertz CT molecular complexity index is 577. The highest BCUT2D eigenvalue weighted by molar-refractivity contribution is 8.35. The van der Waals surface area contributed by atoms with Crippen molar-refractivity contribution < 1.29 is 0 Å². The van der Waals surface area contributed by atoms with Crippen LogP contribution in [0.3, 0.4) is 0 Å². The summed E-state index contributed by atoms with van der Waals surface area (Å²) in [5, 5.41) is 0. The van der Waals surface area contributed by atoms with Crippen LogP contribution < -0.4 is 9.34 Å². The van der Waals surface area contributed by atoms with Gasteiger partial charge in [-0.3, -0.25) is 0 Å². The van der Waals surface area contributed by atoms with Gasteiger partial charge in [0.25, 0.3) is 0 Å². The molecule has 5 heteroatoms. The van der Waals surface area contributed by atoms with Crippen molar-refractivity contribution in [1.29, 1.82) is 0 Å². The lowest BCUT2D eigenvalue weighted by atomic mass is 10.3. The Kier molecular flexibility index (Phi) is 3.74. The van der Waals surface area contributed by atoms with Crippen LogP contribution in [0.4, 0.5) is 11.4 Å². The third-order valence-electron chi connectivity index (χ3n) is 3.05. The molecule has 0 bridgehead atoms. The minimum Gasteiger partial charge on any atom is -0.509 e. The zero-order chi connectivity index (χ0) is 13.2. The zero-order valence-corrected chi connectivity index (χ0v) is 12.8. The van der Waals surface area contributed by atoms with Crippen molar-refractivity contribution in [2.75, 3.05) is 15.9 Å². The summed E-state index contributed by atoms with van der Waals surface area (Å²) >= 11 is 11.3. The fourth-order valence-electron chi connectivity index (χ4n) is 2.14. The van der Waals surface area contributed by atoms with E-state index in [1.54, 1.807) is 0 Å². The van der Waals surface area contributed by atoms with E-state index < -0.39 is 7.42 Å². The van der Waals surface area contributed by atoms with Crippen LogP contribution in [0.25, 0.3) is 0 Å². The van der Waals surface area contributed by atoms with E-state index in [-0.39, 0.29) is 0 Å². The zero-order valence-electron chi connectivity index (χ0n) is 10.2. The summed E-state index contributed by atoms with van der Waals surface area (Å²) < 4.78 is 4.39. The summed E-state index contributed by atoms with van der Waals surface area (Å²) in [4.78, 5) is 0.916. The van der Waals surface area contributed by atoms with Crippen LogP contribution in [-0.2, 0) is 12.2 Å². The van der Waals surface area contributed by atoms with Gasteiger partial charge in [-0.25, -0.2) is 9.34 Å². The van der Waals surface area contributed by atoms with Crippen LogP contribution in [0.2, 0.25) is 0 Å². The highest BCUT2D eigenvalue weighted by Crippen LogP contribution is 2.52. The number of para-hydroxylation sites is 2. The molecule has 1 unspecified atom stereocenters. The number of hydrogen-bond acceptors (Lipinski definition) is 3. The maximum atomic E-state index is 5.75. The van der Waals surface area contributed by atoms with Crippen LogP contribution in [0, 0.1) is 0 Å². The Morgan fingerprint density at radius 1 is 0.895 bits per heavy atom. The Hall–Kier alpha value is -1.09. The minimum atomic E-state index is -1.28. The maximum Gasteiger partial charge on any atom is 0.142 e. The average Bonchev–Trinajstić information content (AvgIpc) is 2.76. The number of hydrogen-bond donors (Lipinski definition) is 0. The smallest absolute Gasteiger partial charge is 0.142 e. The first-order chi connectivity index (χ1) is 9.27. The molecule has 0 N–H and O–H groups in total. The van der Waals surface area contributed by atoms with Gasteiger partial charge in [-0.05, 0) is 24.3 Å². The SMILES string of the molecule is S=C1CN(c2ccccc2)[PH+]([S-])N1c1ccccc1. The molecule has 0 saturated carbocycles. The van der Waals surface area contributed by atoms with Crippen molar-refractivity contribution in [2.45, 2.75) is 0 Å². The van der Waals surface area contributed by atoms with Gasteiger partial charge < -0.3 is 12.2 Å². The molecular weight excluding hydrogens is 291 g/mol. The van der Waals surface area contributed by atoms with E-state index in [0.29, 0.717) is 0 Å². The van der Waals surface area contributed by atoms with Gasteiger partial charge in [0, 0.05) is 0 Å². The number of nitrogens with zero attached hydrogens (tertiary/aromatic N) is 2. The molecule has 1 aliphatic rings. The Morgan fingerprint density at radius 3 is 2.00 bits per heavy atom. The third kappa shape index (κ3) is 2.48. The molecule has 1 heterocycles. The molecule has 3 rings (SSSR count). The van der Waals surface area contributed by atoms with Crippen LogP contribution in [0.5, 0.6) is 0 Å². The van der Waals surface area contributed by atoms with E-state index in [0.717, 1.165) is 22.9 Å². The van der Waals surface area contributed by atoms with Gasteiger partial charge in [0.05, 0.1) is 18.8 Å². The van der Waals surface area contributed by atoms with Gasteiger partial charge in [0.2, 0.25) is 0 Å². The Labute approximate surface area is 125 Å². The molecule has 1 atom stereocenters. The van der Waals surface area contributed by atoms with E-state index >= 15 is 0 Å². The molecule has 96 valence electrons. The van der Waals surface area contributed by atoms with Gasteiger partial charge >= 0.3 is 0 Å². The summed E-state index contributed by atoms with van der Waals surface area (Å²) in [7, 11) is -1.28. The molecule has 1 saturated heterocycles. The number of rotatable bonds is 2. The van der Waals surface area contributed by atoms with Crippen LogP contribution >= 0.6 is 19.6 Å². The molecule has 1 aliphatic heterocycles. The first-order valence-corrected chi connectivity index (χ1v) is 8.95. The van der Waals surface area contributed by atoms with Gasteiger partial charge in [-0.2, -0.15) is 0 Å². The highest BCUT2D eigenvalue weighted by atomic mass is 32.7. The van der Waals surface area contributed by atoms with Crippen molar-refractivity contribution in [3.8, 4) is 0 Å². The fraction of sp³-hybridized carbons (Fsp3) is 0.0714. The molecule has 2 aromatic carbocycles. The number of anilines is 2. The normalized spacial score (nSPS) is 19.0. The summed E-state index contributed by atoms with van der Waals surface area (Å²) in [5.74, 6) is 0. The monoisotopic (exact) mass is 304 g/mol. The van der Waals surface area contributed by atoms with E-state index in [2.05, 4.69) is 33.6 Å². The van der Waals surface area contributed by atoms with E-state index in [4.69, 9.17) is 24.5 Å². The Balaban J connectivity index is 1.92. The Morgan fingerprint density at radius 2 is 1.42 bits per heavy atom. The quantitative estimate of drug-likeness (QED) is 0.472. The summed E-state index contributed by atoms with van der Waals surface area (Å²) in [6, 6.07) is 20.5. The van der Waals surface area contributed by atoms with Gasteiger partial charge in [0.15, 0.2) is 0 Å². The predicted octanol–water partition coefficient (Wildman–Crippen LogP) is 3.85. The van der Waals surface area contributed by atoms with Gasteiger partial charge in [0.1, 0.15) is 11.5 Å². The number of thiocarbonyl (C=S) groups is 1. The van der Waals surface area contributed by atoms with Crippen molar-refractivity contribution >= 4 is 48.3 Å². The third-order valence-corrected chi connectivity index (χ3v) is 6.52. The first kappa shape index (κ1) is 12.9. The molecule has 2 aromatic rings. The predicted molar refractivity (Wildman–Crippen MR) is 91.0 cm³/mol. The van der Waals surface area contributed by atoms with Crippen molar-refractivity contribution in [1.82, 2.24) is 0 Å². The molecule has 0 aliphatic carbocycles. The summed E-state index contributed by atoms with van der Waals surface area (Å²) in [6.07, 6.45) is 0. The second-order valence-electron chi connectivity index (χ2n) is 4.27. The largest absolute Gasteiger partial charge is 0.509 e. The average molecular weight is 304 g/mol. The van der Waals surface area contributed by atoms with E-state index in [1.807, 2.05) is 36.4 Å². The topological polar surface area (TPSA) is 6.48 Å². The van der Waals surface area contributed by atoms with E-state index in [1.165, 1.54) is 0 Å². The van der Waals surface area contributed by atoms with E-state index in [9.17, 15) is 0 Å². The second kappa shape index (κ2) is 5.49. The van der Waals surface area contributed by atoms with Gasteiger partial charge in [-0.1, -0.05) is 48.6 Å². The summed E-state index contributed by atoms with van der Waals surface area (Å²) in [5.41, 5.74) is 2.27. The molecule has 19 heavy (non-hydrogen) atoms. The lowest BCUT2D eigenvalue weighted by molar-refractivity contribution is 1.28. The maximum absolute atomic E-state index is 5.75. The first-order valence-electron chi connectivity index (χ1n) is 6.02. The molecule has 2 nitrogen and oxygen atoms in total. The lowest BCUT2D eigenvalue weighted by Crippen LogP contribution is -2.18. The van der Waals surface area contributed by atoms with Gasteiger partial charge in [-0.15, -0.1) is 0 Å². The highest BCUT2D eigenvalue weighted by Gasteiger charge is 2.35. The fourth-order valence-corrected chi connectivity index (χ4v) is 5.63. The van der Waals surface area contributed by atoms with Crippen LogP contribution in [-0.4, -0.2) is 11.5 Å².